The molecule has 0 spiro atoms. The van der Waals surface area contributed by atoms with Crippen LogP contribution in [-0.4, -0.2) is 57.5 Å². The van der Waals surface area contributed by atoms with Gasteiger partial charge in [-0.3, -0.25) is 4.40 Å². The Kier molecular flexibility index (Phi) is 9.44. The number of rotatable bonds is 3. The van der Waals surface area contributed by atoms with Crippen LogP contribution in [0.2, 0.25) is 0 Å². The molecule has 0 saturated carbocycles. The van der Waals surface area contributed by atoms with Crippen molar-refractivity contribution in [2.75, 3.05) is 24.6 Å². The van der Waals surface area contributed by atoms with E-state index >= 15 is 0 Å². The van der Waals surface area contributed by atoms with E-state index in [0.717, 1.165) is 43.2 Å². The van der Waals surface area contributed by atoms with Crippen molar-refractivity contribution >= 4 is 17.4 Å². The maximum absolute atomic E-state index is 14.7. The molecule has 6 bridgehead atoms. The summed E-state index contributed by atoms with van der Waals surface area (Å²) in [5.41, 5.74) is 3.29. The number of aromatic nitrogens is 2. The van der Waals surface area contributed by atoms with Crippen LogP contribution in [0.15, 0.2) is 48.7 Å². The number of aliphatic carboxylic acids is 1. The SMILES string of the molecule is Cc1c([C@H](OC(C)(C)C)C(=O)O)c2n3cc(nc3c1C#N)-c1cccc(c1)-c1cc(F)ccc1O[C@H](C)CCCCOC1(C)CCN2CC1. The van der Waals surface area contributed by atoms with Crippen molar-refractivity contribution in [1.82, 2.24) is 9.38 Å². The van der Waals surface area contributed by atoms with E-state index in [9.17, 15) is 19.6 Å². The number of halogens is 1. The van der Waals surface area contributed by atoms with E-state index in [-0.39, 0.29) is 23.1 Å². The molecule has 7 rings (SSSR count). The summed E-state index contributed by atoms with van der Waals surface area (Å²) in [5, 5.41) is 21.1. The molecule has 3 aliphatic rings. The summed E-state index contributed by atoms with van der Waals surface area (Å²) in [5.74, 6) is -0.264. The molecule has 10 heteroatoms. The van der Waals surface area contributed by atoms with Gasteiger partial charge in [0.15, 0.2) is 11.8 Å². The van der Waals surface area contributed by atoms with E-state index in [1.54, 1.807) is 13.0 Å². The maximum Gasteiger partial charge on any atom is 0.337 e. The molecule has 0 radical (unpaired) electrons. The lowest BCUT2D eigenvalue weighted by Crippen LogP contribution is -2.45. The van der Waals surface area contributed by atoms with Crippen LogP contribution in [0, 0.1) is 24.1 Å². The highest BCUT2D eigenvalue weighted by molar-refractivity contribution is 5.82. The Labute approximate surface area is 287 Å². The molecule has 1 fully saturated rings. The summed E-state index contributed by atoms with van der Waals surface area (Å²) in [4.78, 5) is 20.1. The van der Waals surface area contributed by atoms with E-state index in [0.29, 0.717) is 59.3 Å². The van der Waals surface area contributed by atoms with Crippen LogP contribution >= 0.6 is 0 Å². The molecular weight excluding hydrogens is 623 g/mol. The molecule has 2 aromatic carbocycles. The number of carbonyl (C=O) groups is 1. The molecule has 0 unspecified atom stereocenters. The van der Waals surface area contributed by atoms with Gasteiger partial charge in [0.2, 0.25) is 0 Å². The van der Waals surface area contributed by atoms with Crippen molar-refractivity contribution < 1.29 is 28.5 Å². The van der Waals surface area contributed by atoms with E-state index in [2.05, 4.69) is 17.9 Å². The lowest BCUT2D eigenvalue weighted by molar-refractivity contribution is -0.160. The number of fused-ring (bicyclic) bond motifs is 8. The van der Waals surface area contributed by atoms with Gasteiger partial charge < -0.3 is 24.2 Å². The minimum Gasteiger partial charge on any atom is -0.490 e. The van der Waals surface area contributed by atoms with Gasteiger partial charge in [0, 0.05) is 42.6 Å². The summed E-state index contributed by atoms with van der Waals surface area (Å²) in [6.07, 6.45) is 4.56. The highest BCUT2D eigenvalue weighted by atomic mass is 19.1. The number of nitriles is 1. The highest BCUT2D eigenvalue weighted by Gasteiger charge is 2.38. The van der Waals surface area contributed by atoms with E-state index in [4.69, 9.17) is 19.2 Å². The number of ether oxygens (including phenoxy) is 3. The fourth-order valence-corrected chi connectivity index (χ4v) is 6.95. The summed E-state index contributed by atoms with van der Waals surface area (Å²) < 4.78 is 35.6. The molecule has 1 N–H and O–H groups in total. The molecule has 4 aromatic rings. The highest BCUT2D eigenvalue weighted by Crippen LogP contribution is 2.42. The Hall–Kier alpha value is -4.46. The lowest BCUT2D eigenvalue weighted by Gasteiger charge is -2.42. The van der Waals surface area contributed by atoms with Gasteiger partial charge in [-0.25, -0.2) is 14.2 Å². The number of carboxylic acid groups (broad SMARTS) is 1. The predicted octanol–water partition coefficient (Wildman–Crippen LogP) is 8.26. The molecule has 9 nitrogen and oxygen atoms in total. The molecule has 2 aromatic heterocycles. The van der Waals surface area contributed by atoms with Gasteiger partial charge >= 0.3 is 5.97 Å². The number of anilines is 1. The predicted molar refractivity (Wildman–Crippen MR) is 186 cm³/mol. The second kappa shape index (κ2) is 13.4. The van der Waals surface area contributed by atoms with E-state index in [1.807, 2.05) is 62.6 Å². The second-order valence-electron chi connectivity index (χ2n) is 14.5. The standard InChI is InChI=1S/C39H45FN4O5/c1-24-10-7-8-19-47-39(6)15-17-43(18-16-39)36-33(34(37(45)46)49-38(3,4)5)25(2)30(22-41)35-42-31(23-44(35)36)27-12-9-11-26(20-27)29-21-28(40)13-14-32(29)48-24/h9,11-14,20-21,23-24,34H,7-8,10,15-19H2,1-6H3,(H,45,46)/t24-,34+/m1/s1. The largest absolute Gasteiger partial charge is 0.490 e. The molecular formula is C39H45FN4O5. The fourth-order valence-electron chi connectivity index (χ4n) is 6.95. The number of hydrogen-bond acceptors (Lipinski definition) is 7. The summed E-state index contributed by atoms with van der Waals surface area (Å²) in [7, 11) is 0. The Balaban J connectivity index is 1.59. The van der Waals surface area contributed by atoms with Crippen LogP contribution in [0.1, 0.15) is 89.5 Å². The molecule has 49 heavy (non-hydrogen) atoms. The average molecular weight is 669 g/mol. The Morgan fingerprint density at radius 2 is 1.90 bits per heavy atom. The second-order valence-corrected chi connectivity index (χ2v) is 14.5. The molecule has 2 atom stereocenters. The summed E-state index contributed by atoms with van der Waals surface area (Å²) in [6, 6.07) is 14.6. The first-order valence-corrected chi connectivity index (χ1v) is 17.1. The van der Waals surface area contributed by atoms with Gasteiger partial charge in [-0.1, -0.05) is 18.2 Å². The fraction of sp³-hybridized carbons (Fsp3) is 0.462. The smallest absolute Gasteiger partial charge is 0.337 e. The number of imidazole rings is 1. The van der Waals surface area contributed by atoms with Crippen molar-refractivity contribution in [2.24, 2.45) is 0 Å². The van der Waals surface area contributed by atoms with Crippen molar-refractivity contribution in [1.29, 1.82) is 5.26 Å². The van der Waals surface area contributed by atoms with Crippen molar-refractivity contribution in [2.45, 2.75) is 97.1 Å². The van der Waals surface area contributed by atoms with Crippen LogP contribution in [-0.2, 0) is 14.3 Å². The number of hydrogen-bond donors (Lipinski definition) is 1. The van der Waals surface area contributed by atoms with Crippen molar-refractivity contribution in [3.05, 3.63) is 71.2 Å². The molecule has 0 amide bonds. The van der Waals surface area contributed by atoms with Crippen LogP contribution < -0.4 is 9.64 Å². The van der Waals surface area contributed by atoms with Gasteiger partial charge in [-0.05, 0) is 109 Å². The number of pyridine rings is 1. The zero-order chi connectivity index (χ0) is 35.1. The zero-order valence-electron chi connectivity index (χ0n) is 29.2. The lowest BCUT2D eigenvalue weighted by atomic mass is 9.91. The molecule has 0 aliphatic carbocycles. The van der Waals surface area contributed by atoms with Gasteiger partial charge in [-0.15, -0.1) is 0 Å². The topological polar surface area (TPSA) is 109 Å². The van der Waals surface area contributed by atoms with Crippen molar-refractivity contribution in [3.63, 3.8) is 0 Å². The van der Waals surface area contributed by atoms with Crippen LogP contribution in [0.4, 0.5) is 10.2 Å². The number of piperidine rings is 1. The number of nitrogens with zero attached hydrogens (tertiary/aromatic N) is 4. The first-order chi connectivity index (χ1) is 23.3. The Morgan fingerprint density at radius 3 is 2.59 bits per heavy atom. The van der Waals surface area contributed by atoms with E-state index in [1.165, 1.54) is 12.1 Å². The maximum atomic E-state index is 14.7. The first kappa shape index (κ1) is 34.4. The van der Waals surface area contributed by atoms with Crippen LogP contribution in [0.5, 0.6) is 5.75 Å². The zero-order valence-corrected chi connectivity index (χ0v) is 29.2. The third kappa shape index (κ3) is 7.15. The molecule has 258 valence electrons. The minimum atomic E-state index is -1.33. The Bertz CT molecular complexity index is 1920. The van der Waals surface area contributed by atoms with Crippen LogP contribution in [0.3, 0.4) is 0 Å². The first-order valence-electron chi connectivity index (χ1n) is 17.1. The molecule has 5 heterocycles. The quantitative estimate of drug-likeness (QED) is 0.233. The summed E-state index contributed by atoms with van der Waals surface area (Å²) in [6.45, 7) is 13.3. The third-order valence-corrected chi connectivity index (χ3v) is 9.56. The monoisotopic (exact) mass is 668 g/mol. The van der Waals surface area contributed by atoms with Crippen molar-refractivity contribution in [3.8, 4) is 34.2 Å². The molecule has 3 aliphatic heterocycles. The van der Waals surface area contributed by atoms with Gasteiger partial charge in [0.25, 0.3) is 0 Å². The normalized spacial score (nSPS) is 20.8. The minimum absolute atomic E-state index is 0.0765. The Morgan fingerprint density at radius 1 is 1.16 bits per heavy atom. The van der Waals surface area contributed by atoms with Gasteiger partial charge in [0.1, 0.15) is 23.5 Å². The number of carboxylic acids is 1. The average Bonchev–Trinajstić information content (AvgIpc) is 3.48. The van der Waals surface area contributed by atoms with Gasteiger partial charge in [-0.2, -0.15) is 5.26 Å². The number of benzene rings is 2. The van der Waals surface area contributed by atoms with E-state index < -0.39 is 17.7 Å². The van der Waals surface area contributed by atoms with Crippen LogP contribution in [0.25, 0.3) is 28.0 Å². The molecule has 1 saturated heterocycles. The third-order valence-electron chi connectivity index (χ3n) is 9.56. The summed E-state index contributed by atoms with van der Waals surface area (Å²) >= 11 is 0. The van der Waals surface area contributed by atoms with Gasteiger partial charge in [0.05, 0.1) is 28.6 Å².